The molecule has 1 rings (SSSR count). The van der Waals surface area contributed by atoms with Crippen molar-refractivity contribution < 1.29 is 14.7 Å². The van der Waals surface area contributed by atoms with Crippen LogP contribution in [0.25, 0.3) is 0 Å². The standard InChI is InChI=1S/C14H20N2O3/c1-14(2,3)13(19)16-8-7-15-12(18)10-5-4-6-11(17)9-10/h4-6,9,17H,7-8H2,1-3H3,(H,15,18)(H,16,19). The van der Waals surface area contributed by atoms with E-state index in [0.717, 1.165) is 0 Å². The van der Waals surface area contributed by atoms with Crippen LogP contribution in [-0.2, 0) is 4.79 Å². The maximum Gasteiger partial charge on any atom is 0.251 e. The highest BCUT2D eigenvalue weighted by Gasteiger charge is 2.20. The van der Waals surface area contributed by atoms with E-state index in [0.29, 0.717) is 18.7 Å². The fourth-order valence-corrected chi connectivity index (χ4v) is 1.37. The highest BCUT2D eigenvalue weighted by molar-refractivity contribution is 5.94. The van der Waals surface area contributed by atoms with E-state index in [2.05, 4.69) is 10.6 Å². The summed E-state index contributed by atoms with van der Waals surface area (Å²) < 4.78 is 0. The lowest BCUT2D eigenvalue weighted by Crippen LogP contribution is -2.39. The largest absolute Gasteiger partial charge is 0.508 e. The minimum Gasteiger partial charge on any atom is -0.508 e. The Hall–Kier alpha value is -2.04. The molecule has 1 aromatic carbocycles. The summed E-state index contributed by atoms with van der Waals surface area (Å²) in [5.74, 6) is -0.284. The molecule has 0 aliphatic carbocycles. The molecule has 0 aliphatic rings. The molecule has 0 bridgehead atoms. The second-order valence-electron chi connectivity index (χ2n) is 5.31. The van der Waals surface area contributed by atoms with E-state index in [1.165, 1.54) is 12.1 Å². The first-order valence-corrected chi connectivity index (χ1v) is 6.16. The van der Waals surface area contributed by atoms with E-state index in [9.17, 15) is 14.7 Å². The smallest absolute Gasteiger partial charge is 0.251 e. The van der Waals surface area contributed by atoms with E-state index >= 15 is 0 Å². The van der Waals surface area contributed by atoms with Crippen LogP contribution in [0.3, 0.4) is 0 Å². The number of amides is 2. The third-order valence-corrected chi connectivity index (χ3v) is 2.49. The Morgan fingerprint density at radius 2 is 1.79 bits per heavy atom. The van der Waals surface area contributed by atoms with Crippen LogP contribution in [0.1, 0.15) is 31.1 Å². The van der Waals surface area contributed by atoms with Crippen LogP contribution in [0.15, 0.2) is 24.3 Å². The lowest BCUT2D eigenvalue weighted by atomic mass is 9.96. The van der Waals surface area contributed by atoms with E-state index in [1.807, 2.05) is 20.8 Å². The Morgan fingerprint density at radius 1 is 1.16 bits per heavy atom. The molecule has 0 aromatic heterocycles. The Kier molecular flexibility index (Phi) is 4.92. The van der Waals surface area contributed by atoms with E-state index in [1.54, 1.807) is 12.1 Å². The molecule has 0 saturated heterocycles. The molecule has 0 atom stereocenters. The summed E-state index contributed by atoms with van der Waals surface area (Å²) in [5.41, 5.74) is -0.0444. The highest BCUT2D eigenvalue weighted by atomic mass is 16.3. The summed E-state index contributed by atoms with van der Waals surface area (Å²) >= 11 is 0. The van der Waals surface area contributed by atoms with Gasteiger partial charge in [0.2, 0.25) is 5.91 Å². The van der Waals surface area contributed by atoms with Gasteiger partial charge in [0.1, 0.15) is 5.75 Å². The summed E-state index contributed by atoms with van der Waals surface area (Å²) in [6.07, 6.45) is 0. The van der Waals surface area contributed by atoms with Gasteiger partial charge in [-0.15, -0.1) is 0 Å². The van der Waals surface area contributed by atoms with E-state index in [-0.39, 0.29) is 17.6 Å². The first-order chi connectivity index (χ1) is 8.80. The topological polar surface area (TPSA) is 78.4 Å². The summed E-state index contributed by atoms with van der Waals surface area (Å²) in [5, 5.41) is 14.7. The van der Waals surface area contributed by atoms with Gasteiger partial charge in [0.05, 0.1) is 0 Å². The quantitative estimate of drug-likeness (QED) is 0.717. The molecule has 104 valence electrons. The molecule has 0 radical (unpaired) electrons. The van der Waals surface area contributed by atoms with Crippen LogP contribution < -0.4 is 10.6 Å². The normalized spacial score (nSPS) is 10.9. The van der Waals surface area contributed by atoms with Gasteiger partial charge in [-0.3, -0.25) is 9.59 Å². The number of phenolic OH excluding ortho intramolecular Hbond substituents is 1. The maximum absolute atomic E-state index is 11.7. The second kappa shape index (κ2) is 6.22. The third kappa shape index (κ3) is 4.99. The number of hydrogen-bond acceptors (Lipinski definition) is 3. The van der Waals surface area contributed by atoms with Gasteiger partial charge in [0.25, 0.3) is 5.91 Å². The zero-order valence-electron chi connectivity index (χ0n) is 11.5. The number of phenols is 1. The van der Waals surface area contributed by atoms with E-state index in [4.69, 9.17) is 0 Å². The van der Waals surface area contributed by atoms with Crippen molar-refractivity contribution in [1.29, 1.82) is 0 Å². The number of carbonyl (C=O) groups excluding carboxylic acids is 2. The highest BCUT2D eigenvalue weighted by Crippen LogP contribution is 2.12. The molecule has 1 aromatic rings. The molecule has 3 N–H and O–H groups in total. The number of hydrogen-bond donors (Lipinski definition) is 3. The van der Waals surface area contributed by atoms with Gasteiger partial charge >= 0.3 is 0 Å². The number of rotatable bonds is 4. The summed E-state index contributed by atoms with van der Waals surface area (Å²) in [6, 6.07) is 6.11. The SMILES string of the molecule is CC(C)(C)C(=O)NCCNC(=O)c1cccc(O)c1. The van der Waals surface area contributed by atoms with Gasteiger partial charge in [0.15, 0.2) is 0 Å². The molecule has 5 heteroatoms. The van der Waals surface area contributed by atoms with Crippen molar-refractivity contribution in [1.82, 2.24) is 10.6 Å². The zero-order chi connectivity index (χ0) is 14.5. The first kappa shape index (κ1) is 15.0. The maximum atomic E-state index is 11.7. The fraction of sp³-hybridized carbons (Fsp3) is 0.429. The van der Waals surface area contributed by atoms with Crippen molar-refractivity contribution >= 4 is 11.8 Å². The monoisotopic (exact) mass is 264 g/mol. The molecule has 0 unspecified atom stereocenters. The van der Waals surface area contributed by atoms with Gasteiger partial charge in [-0.2, -0.15) is 0 Å². The van der Waals surface area contributed by atoms with Gasteiger partial charge < -0.3 is 15.7 Å². The van der Waals surface area contributed by atoms with Crippen molar-refractivity contribution in [2.45, 2.75) is 20.8 Å². The van der Waals surface area contributed by atoms with Crippen LogP contribution in [0.5, 0.6) is 5.75 Å². The van der Waals surface area contributed by atoms with Crippen molar-refractivity contribution in [2.24, 2.45) is 5.41 Å². The van der Waals surface area contributed by atoms with Gasteiger partial charge in [-0.05, 0) is 18.2 Å². The molecule has 0 spiro atoms. The molecule has 2 amide bonds. The molecule has 5 nitrogen and oxygen atoms in total. The molecule has 0 fully saturated rings. The zero-order valence-corrected chi connectivity index (χ0v) is 11.5. The lowest BCUT2D eigenvalue weighted by Gasteiger charge is -2.17. The van der Waals surface area contributed by atoms with Crippen LogP contribution in [-0.4, -0.2) is 30.0 Å². The number of carbonyl (C=O) groups is 2. The molecule has 0 aliphatic heterocycles. The van der Waals surface area contributed by atoms with Gasteiger partial charge in [-0.1, -0.05) is 26.8 Å². The number of benzene rings is 1. The molecule has 0 heterocycles. The predicted molar refractivity (Wildman–Crippen MR) is 72.9 cm³/mol. The van der Waals surface area contributed by atoms with Gasteiger partial charge in [0, 0.05) is 24.1 Å². The number of aromatic hydroxyl groups is 1. The van der Waals surface area contributed by atoms with Crippen molar-refractivity contribution in [3.63, 3.8) is 0 Å². The summed E-state index contributed by atoms with van der Waals surface area (Å²) in [7, 11) is 0. The average molecular weight is 264 g/mol. The molecule has 0 saturated carbocycles. The van der Waals surface area contributed by atoms with Crippen LogP contribution >= 0.6 is 0 Å². The minimum atomic E-state index is -0.435. The summed E-state index contributed by atoms with van der Waals surface area (Å²) in [4.78, 5) is 23.3. The van der Waals surface area contributed by atoms with Crippen molar-refractivity contribution in [3.05, 3.63) is 29.8 Å². The van der Waals surface area contributed by atoms with Gasteiger partial charge in [-0.25, -0.2) is 0 Å². The Labute approximate surface area is 113 Å². The Balaban J connectivity index is 2.34. The predicted octanol–water partition coefficient (Wildman–Crippen LogP) is 1.28. The minimum absolute atomic E-state index is 0.0497. The number of nitrogens with one attached hydrogen (secondary N) is 2. The van der Waals surface area contributed by atoms with Crippen molar-refractivity contribution in [2.75, 3.05) is 13.1 Å². The lowest BCUT2D eigenvalue weighted by molar-refractivity contribution is -0.128. The first-order valence-electron chi connectivity index (χ1n) is 6.16. The van der Waals surface area contributed by atoms with Crippen LogP contribution in [0, 0.1) is 5.41 Å². The third-order valence-electron chi connectivity index (χ3n) is 2.49. The Morgan fingerprint density at radius 3 is 2.37 bits per heavy atom. The fourth-order valence-electron chi connectivity index (χ4n) is 1.37. The average Bonchev–Trinajstić information content (AvgIpc) is 2.32. The molecular weight excluding hydrogens is 244 g/mol. The van der Waals surface area contributed by atoms with Crippen molar-refractivity contribution in [3.8, 4) is 5.75 Å². The molecular formula is C14H20N2O3. The van der Waals surface area contributed by atoms with Crippen LogP contribution in [0.4, 0.5) is 0 Å². The van der Waals surface area contributed by atoms with Crippen LogP contribution in [0.2, 0.25) is 0 Å². The summed E-state index contributed by atoms with van der Waals surface area (Å²) in [6.45, 7) is 6.20. The Bertz CT molecular complexity index is 464. The molecule has 19 heavy (non-hydrogen) atoms. The van der Waals surface area contributed by atoms with E-state index < -0.39 is 5.41 Å². The second-order valence-corrected chi connectivity index (χ2v) is 5.31.